The second-order valence-electron chi connectivity index (χ2n) is 10.4. The lowest BCUT2D eigenvalue weighted by molar-refractivity contribution is 0.202. The van der Waals surface area contributed by atoms with E-state index >= 15 is 4.39 Å². The van der Waals surface area contributed by atoms with Crippen molar-refractivity contribution >= 4 is 24.9 Å². The van der Waals surface area contributed by atoms with Crippen LogP contribution < -0.4 is 10.5 Å². The Labute approximate surface area is 178 Å². The fraction of sp³-hybridized carbons (Fsp3) is 0.609. The first-order valence-electron chi connectivity index (χ1n) is 10.9. The molecule has 4 rings (SSSR count). The van der Waals surface area contributed by atoms with Gasteiger partial charge in [0.1, 0.15) is 11.6 Å². The largest absolute Gasteiger partial charge is 0.507 e. The Hall–Kier alpha value is -1.86. The highest BCUT2D eigenvalue weighted by Crippen LogP contribution is 2.42. The number of nitrogens with zero attached hydrogens (tertiary/aromatic N) is 2. The van der Waals surface area contributed by atoms with E-state index in [4.69, 9.17) is 4.43 Å². The number of halogens is 1. The number of hydrogen-bond donors (Lipinski definition) is 1. The maximum Gasteiger partial charge on any atom is 0.255 e. The molecule has 1 N–H and O–H groups in total. The van der Waals surface area contributed by atoms with E-state index in [2.05, 4.69) is 33.9 Å². The van der Waals surface area contributed by atoms with Gasteiger partial charge in [0.05, 0.1) is 17.3 Å². The smallest absolute Gasteiger partial charge is 0.255 e. The van der Waals surface area contributed by atoms with Crippen molar-refractivity contribution in [2.45, 2.75) is 77.2 Å². The standard InChI is InChI=1S/C23H33FN2O3Si/c1-14-21-17(19(27)12-20(28)26(21)15-7-8-15)11-18(24)22(14)25-10-9-16(13-25)29-30(5,6)23(2,3)4/h11-12,15-16,27H,7-10,13H2,1-6H3. The predicted octanol–water partition coefficient (Wildman–Crippen LogP) is 5.09. The molecule has 0 spiro atoms. The van der Waals surface area contributed by atoms with Crippen molar-refractivity contribution in [3.8, 4) is 5.75 Å². The van der Waals surface area contributed by atoms with Crippen LogP contribution in [-0.2, 0) is 4.43 Å². The minimum Gasteiger partial charge on any atom is -0.507 e. The summed E-state index contributed by atoms with van der Waals surface area (Å²) >= 11 is 0. The first-order valence-corrected chi connectivity index (χ1v) is 13.8. The van der Waals surface area contributed by atoms with E-state index in [1.54, 1.807) is 4.57 Å². The molecule has 1 aromatic heterocycles. The van der Waals surface area contributed by atoms with Gasteiger partial charge in [-0.1, -0.05) is 20.8 Å². The van der Waals surface area contributed by atoms with Gasteiger partial charge in [0.25, 0.3) is 5.56 Å². The number of aryl methyl sites for hydroxylation is 1. The van der Waals surface area contributed by atoms with Crippen LogP contribution in [0.1, 0.15) is 51.6 Å². The van der Waals surface area contributed by atoms with Gasteiger partial charge < -0.3 is 19.0 Å². The van der Waals surface area contributed by atoms with Crippen LogP contribution in [0.5, 0.6) is 5.75 Å². The summed E-state index contributed by atoms with van der Waals surface area (Å²) in [6.45, 7) is 14.4. The SMILES string of the molecule is Cc1c(N2CCC(O[Si](C)(C)C(C)(C)C)C2)c(F)cc2c(O)cc(=O)n(C3CC3)c12. The molecule has 2 fully saturated rings. The van der Waals surface area contributed by atoms with Crippen molar-refractivity contribution in [2.75, 3.05) is 18.0 Å². The van der Waals surface area contributed by atoms with Gasteiger partial charge in [0.2, 0.25) is 0 Å². The van der Waals surface area contributed by atoms with Gasteiger partial charge in [0, 0.05) is 30.6 Å². The topological polar surface area (TPSA) is 54.7 Å². The average Bonchev–Trinajstić information content (AvgIpc) is 3.35. The minimum atomic E-state index is -1.90. The van der Waals surface area contributed by atoms with E-state index in [1.807, 2.05) is 11.8 Å². The highest BCUT2D eigenvalue weighted by molar-refractivity contribution is 6.74. The van der Waals surface area contributed by atoms with Crippen LogP contribution in [0, 0.1) is 12.7 Å². The summed E-state index contributed by atoms with van der Waals surface area (Å²) in [5, 5.41) is 10.9. The highest BCUT2D eigenvalue weighted by Gasteiger charge is 2.41. The van der Waals surface area contributed by atoms with E-state index in [0.29, 0.717) is 23.1 Å². The quantitative estimate of drug-likeness (QED) is 0.684. The molecular formula is C23H33FN2O3Si. The molecule has 1 saturated heterocycles. The monoisotopic (exact) mass is 432 g/mol. The number of benzene rings is 1. The van der Waals surface area contributed by atoms with Crippen LogP contribution in [0.4, 0.5) is 10.1 Å². The van der Waals surface area contributed by atoms with Crippen LogP contribution >= 0.6 is 0 Å². The Morgan fingerprint density at radius 2 is 1.87 bits per heavy atom. The number of rotatable bonds is 4. The third-order valence-corrected chi connectivity index (χ3v) is 11.7. The molecule has 164 valence electrons. The van der Waals surface area contributed by atoms with Crippen LogP contribution in [0.3, 0.4) is 0 Å². The molecule has 1 atom stereocenters. The molecule has 0 amide bonds. The van der Waals surface area contributed by atoms with E-state index in [1.165, 1.54) is 12.1 Å². The Morgan fingerprint density at radius 1 is 1.20 bits per heavy atom. The number of aromatic nitrogens is 1. The summed E-state index contributed by atoms with van der Waals surface area (Å²) in [7, 11) is -1.90. The molecule has 1 unspecified atom stereocenters. The number of hydrogen-bond acceptors (Lipinski definition) is 4. The number of aromatic hydroxyl groups is 1. The van der Waals surface area contributed by atoms with Gasteiger partial charge >= 0.3 is 0 Å². The van der Waals surface area contributed by atoms with Gasteiger partial charge in [-0.05, 0) is 55.9 Å². The minimum absolute atomic E-state index is 0.0789. The molecule has 5 nitrogen and oxygen atoms in total. The Bertz CT molecular complexity index is 1050. The van der Waals surface area contributed by atoms with E-state index in [0.717, 1.165) is 31.4 Å². The zero-order chi connectivity index (χ0) is 22.0. The van der Waals surface area contributed by atoms with Crippen molar-refractivity contribution in [1.29, 1.82) is 0 Å². The van der Waals surface area contributed by atoms with Crippen LogP contribution in [0.15, 0.2) is 16.9 Å². The third-order valence-electron chi connectivity index (χ3n) is 7.12. The first-order chi connectivity index (χ1) is 13.9. The molecule has 1 aliphatic heterocycles. The number of pyridine rings is 1. The second-order valence-corrected chi connectivity index (χ2v) is 15.2. The molecule has 1 aliphatic carbocycles. The molecule has 2 aromatic rings. The van der Waals surface area contributed by atoms with Crippen LogP contribution in [-0.4, -0.2) is 37.2 Å². The predicted molar refractivity (Wildman–Crippen MR) is 122 cm³/mol. The van der Waals surface area contributed by atoms with Crippen molar-refractivity contribution in [1.82, 2.24) is 4.57 Å². The molecule has 2 aliphatic rings. The summed E-state index contributed by atoms with van der Waals surface area (Å²) in [6, 6.07) is 2.73. The molecule has 7 heteroatoms. The summed E-state index contributed by atoms with van der Waals surface area (Å²) in [5.41, 5.74) is 1.69. The molecule has 1 aromatic carbocycles. The Morgan fingerprint density at radius 3 is 2.47 bits per heavy atom. The normalized spacial score (nSPS) is 20.4. The Balaban J connectivity index is 1.72. The highest BCUT2D eigenvalue weighted by atomic mass is 28.4. The lowest BCUT2D eigenvalue weighted by atomic mass is 10.1. The fourth-order valence-electron chi connectivity index (χ4n) is 4.34. The average molecular weight is 433 g/mol. The zero-order valence-electron chi connectivity index (χ0n) is 18.9. The summed E-state index contributed by atoms with van der Waals surface area (Å²) in [6.07, 6.45) is 2.82. The summed E-state index contributed by atoms with van der Waals surface area (Å²) < 4.78 is 23.6. The second kappa shape index (κ2) is 7.09. The summed E-state index contributed by atoms with van der Waals surface area (Å²) in [4.78, 5) is 14.6. The molecule has 0 bridgehead atoms. The molecule has 0 radical (unpaired) electrons. The zero-order valence-corrected chi connectivity index (χ0v) is 19.9. The molecule has 1 saturated carbocycles. The lowest BCUT2D eigenvalue weighted by Crippen LogP contribution is -2.44. The Kier molecular flexibility index (Phi) is 5.05. The van der Waals surface area contributed by atoms with Crippen molar-refractivity contribution in [3.05, 3.63) is 33.9 Å². The fourth-order valence-corrected chi connectivity index (χ4v) is 5.72. The van der Waals surface area contributed by atoms with Gasteiger partial charge in [-0.25, -0.2) is 4.39 Å². The number of fused-ring (bicyclic) bond motifs is 1. The van der Waals surface area contributed by atoms with Gasteiger partial charge in [-0.3, -0.25) is 4.79 Å². The lowest BCUT2D eigenvalue weighted by Gasteiger charge is -2.38. The van der Waals surface area contributed by atoms with E-state index in [9.17, 15) is 9.90 Å². The maximum absolute atomic E-state index is 15.2. The molecular weight excluding hydrogens is 399 g/mol. The van der Waals surface area contributed by atoms with Gasteiger partial charge in [0.15, 0.2) is 8.32 Å². The van der Waals surface area contributed by atoms with Gasteiger partial charge in [-0.15, -0.1) is 0 Å². The van der Waals surface area contributed by atoms with Crippen molar-refractivity contribution in [2.24, 2.45) is 0 Å². The maximum atomic E-state index is 15.2. The van der Waals surface area contributed by atoms with E-state index < -0.39 is 8.32 Å². The summed E-state index contributed by atoms with van der Waals surface area (Å²) in [5.74, 6) is -0.509. The van der Waals surface area contributed by atoms with Crippen LogP contribution in [0.25, 0.3) is 10.9 Å². The molecule has 30 heavy (non-hydrogen) atoms. The van der Waals surface area contributed by atoms with Crippen LogP contribution in [0.2, 0.25) is 18.1 Å². The van der Waals surface area contributed by atoms with Gasteiger partial charge in [-0.2, -0.15) is 0 Å². The van der Waals surface area contributed by atoms with E-state index in [-0.39, 0.29) is 34.3 Å². The molecule has 2 heterocycles. The first kappa shape index (κ1) is 21.4. The van der Waals surface area contributed by atoms with Crippen molar-refractivity contribution < 1.29 is 13.9 Å². The third kappa shape index (κ3) is 3.56. The van der Waals surface area contributed by atoms with Crippen molar-refractivity contribution in [3.63, 3.8) is 0 Å². The number of anilines is 1.